The number of halogens is 7. The highest BCUT2D eigenvalue weighted by molar-refractivity contribution is 9.10. The summed E-state index contributed by atoms with van der Waals surface area (Å²) in [6, 6.07) is 3.08. The van der Waals surface area contributed by atoms with Crippen molar-refractivity contribution in [3.8, 4) is 0 Å². The van der Waals surface area contributed by atoms with Gasteiger partial charge in [0, 0.05) is 4.47 Å². The number of rotatable bonds is 3. The van der Waals surface area contributed by atoms with Crippen molar-refractivity contribution >= 4 is 31.6 Å². The molecule has 0 unspecified atom stereocenters. The molecule has 0 aliphatic rings. The molecule has 0 aliphatic carbocycles. The summed E-state index contributed by atoms with van der Waals surface area (Å²) in [4.78, 5) is -0.831. The van der Waals surface area contributed by atoms with Gasteiger partial charge in [-0.15, -0.1) is 0 Å². The summed E-state index contributed by atoms with van der Waals surface area (Å²) in [7, 11) is -4.66. The van der Waals surface area contributed by atoms with E-state index >= 15 is 0 Å². The lowest BCUT2D eigenvalue weighted by Gasteiger charge is -2.13. The fraction of sp³-hybridized carbons (Fsp3) is 0.0769. The Labute approximate surface area is 140 Å². The Kier molecular flexibility index (Phi) is 4.86. The zero-order valence-corrected chi connectivity index (χ0v) is 13.7. The van der Waals surface area contributed by atoms with E-state index in [0.717, 1.165) is 12.1 Å². The van der Waals surface area contributed by atoms with Crippen molar-refractivity contribution in [3.05, 3.63) is 57.8 Å². The van der Waals surface area contributed by atoms with E-state index in [2.05, 4.69) is 15.9 Å². The largest absolute Gasteiger partial charge is 0.417 e. The molecule has 2 rings (SSSR count). The molecule has 1 N–H and O–H groups in total. The highest BCUT2D eigenvalue weighted by Gasteiger charge is 2.34. The minimum absolute atomic E-state index is 0.324. The Balaban J connectivity index is 2.47. The molecule has 0 amide bonds. The predicted octanol–water partition coefficient (Wildman–Crippen LogP) is 4.69. The number of nitrogens with one attached hydrogen (secondary N) is 1. The topological polar surface area (TPSA) is 46.2 Å². The first kappa shape index (κ1) is 18.6. The van der Waals surface area contributed by atoms with Gasteiger partial charge in [-0.3, -0.25) is 4.72 Å². The number of benzene rings is 2. The highest BCUT2D eigenvalue weighted by atomic mass is 79.9. The van der Waals surface area contributed by atoms with Gasteiger partial charge in [0.05, 0.1) is 16.1 Å². The van der Waals surface area contributed by atoms with Crippen LogP contribution in [0.4, 0.5) is 32.0 Å². The van der Waals surface area contributed by atoms with Crippen LogP contribution in [0.2, 0.25) is 0 Å². The first-order chi connectivity index (χ1) is 10.9. The van der Waals surface area contributed by atoms with Gasteiger partial charge >= 0.3 is 6.18 Å². The van der Waals surface area contributed by atoms with Gasteiger partial charge in [0.1, 0.15) is 0 Å². The molecule has 2 aromatic carbocycles. The maximum Gasteiger partial charge on any atom is 0.417 e. The lowest BCUT2D eigenvalue weighted by Crippen LogP contribution is -2.16. The second-order valence-corrected chi connectivity index (χ2v) is 7.00. The van der Waals surface area contributed by atoms with Crippen molar-refractivity contribution in [2.45, 2.75) is 11.1 Å². The van der Waals surface area contributed by atoms with Crippen LogP contribution < -0.4 is 4.72 Å². The van der Waals surface area contributed by atoms with Crippen LogP contribution in [0.25, 0.3) is 0 Å². The second kappa shape index (κ2) is 6.28. The molecule has 0 fully saturated rings. The number of hydrogen-bond donors (Lipinski definition) is 1. The molecule has 11 heteroatoms. The SMILES string of the molecule is O=S(=O)(Nc1ccc(F)c(F)c1F)c1ccc(Br)c(C(F)(F)F)c1. The Hall–Kier alpha value is -1.75. The molecule has 2 aromatic rings. The van der Waals surface area contributed by atoms with Gasteiger partial charge in [0.2, 0.25) is 0 Å². The van der Waals surface area contributed by atoms with Gasteiger partial charge in [-0.2, -0.15) is 13.2 Å². The molecule has 3 nitrogen and oxygen atoms in total. The standard InChI is InChI=1S/C13H6BrF6NO2S/c14-8-2-1-6(5-7(8)13(18,19)20)24(22,23)21-10-4-3-9(15)11(16)12(10)17/h1-5,21H. The van der Waals surface area contributed by atoms with Crippen LogP contribution in [0.1, 0.15) is 5.56 Å². The van der Waals surface area contributed by atoms with Crippen LogP contribution in [0.15, 0.2) is 39.7 Å². The lowest BCUT2D eigenvalue weighted by molar-refractivity contribution is -0.138. The Bertz CT molecular complexity index is 898. The summed E-state index contributed by atoms with van der Waals surface area (Å²) in [6.07, 6.45) is -4.84. The highest BCUT2D eigenvalue weighted by Crippen LogP contribution is 2.36. The van der Waals surface area contributed by atoms with Crippen LogP contribution in [0.3, 0.4) is 0 Å². The third kappa shape index (κ3) is 3.66. The maximum absolute atomic E-state index is 13.5. The van der Waals surface area contributed by atoms with Gasteiger partial charge in [0.15, 0.2) is 17.5 Å². The summed E-state index contributed by atoms with van der Waals surface area (Å²) in [5.41, 5.74) is -2.21. The fourth-order valence-corrected chi connectivity index (χ4v) is 3.25. The first-order valence-corrected chi connectivity index (χ1v) is 8.24. The molecule has 0 heterocycles. The van der Waals surface area contributed by atoms with E-state index in [1.54, 1.807) is 4.72 Å². The molecule has 0 atom stereocenters. The molecule has 0 aliphatic heterocycles. The van der Waals surface area contributed by atoms with E-state index in [0.29, 0.717) is 18.2 Å². The Morgan fingerprint density at radius 3 is 2.17 bits per heavy atom. The third-order valence-electron chi connectivity index (χ3n) is 2.83. The summed E-state index contributed by atoms with van der Waals surface area (Å²) in [6.45, 7) is 0. The molecule has 130 valence electrons. The summed E-state index contributed by atoms with van der Waals surface area (Å²) in [5.74, 6) is -5.27. The van der Waals surface area contributed by atoms with E-state index < -0.39 is 54.3 Å². The smallest absolute Gasteiger partial charge is 0.277 e. The minimum Gasteiger partial charge on any atom is -0.277 e. The van der Waals surface area contributed by atoms with Gasteiger partial charge in [-0.25, -0.2) is 21.6 Å². The maximum atomic E-state index is 13.5. The van der Waals surface area contributed by atoms with Crippen LogP contribution in [0.5, 0.6) is 0 Å². The normalized spacial score (nSPS) is 12.3. The van der Waals surface area contributed by atoms with E-state index in [9.17, 15) is 34.8 Å². The lowest BCUT2D eigenvalue weighted by atomic mass is 10.2. The van der Waals surface area contributed by atoms with E-state index in [-0.39, 0.29) is 0 Å². The third-order valence-corrected chi connectivity index (χ3v) is 4.89. The number of sulfonamides is 1. The van der Waals surface area contributed by atoms with Crippen molar-refractivity contribution < 1.29 is 34.8 Å². The monoisotopic (exact) mass is 433 g/mol. The quantitative estimate of drug-likeness (QED) is 0.563. The zero-order valence-electron chi connectivity index (χ0n) is 11.3. The Morgan fingerprint density at radius 1 is 0.958 bits per heavy atom. The van der Waals surface area contributed by atoms with E-state index in [1.807, 2.05) is 0 Å². The van der Waals surface area contributed by atoms with Gasteiger partial charge in [-0.1, -0.05) is 15.9 Å². The molecule has 0 bridgehead atoms. The van der Waals surface area contributed by atoms with Crippen molar-refractivity contribution in [1.82, 2.24) is 0 Å². The molecule has 0 saturated heterocycles. The molecule has 0 aromatic heterocycles. The number of anilines is 1. The number of hydrogen-bond acceptors (Lipinski definition) is 2. The zero-order chi connectivity index (χ0) is 18.3. The van der Waals surface area contributed by atoms with Gasteiger partial charge < -0.3 is 0 Å². The van der Waals surface area contributed by atoms with Gasteiger partial charge in [0.25, 0.3) is 10.0 Å². The molecular formula is C13H6BrF6NO2S. The first-order valence-electron chi connectivity index (χ1n) is 5.96. The second-order valence-electron chi connectivity index (χ2n) is 4.47. The average Bonchev–Trinajstić information content (AvgIpc) is 2.47. The predicted molar refractivity (Wildman–Crippen MR) is 76.3 cm³/mol. The average molecular weight is 434 g/mol. The Morgan fingerprint density at radius 2 is 1.58 bits per heavy atom. The van der Waals surface area contributed by atoms with E-state index in [1.165, 1.54) is 0 Å². The van der Waals surface area contributed by atoms with Crippen molar-refractivity contribution in [1.29, 1.82) is 0 Å². The van der Waals surface area contributed by atoms with E-state index in [4.69, 9.17) is 0 Å². The minimum atomic E-state index is -4.84. The van der Waals surface area contributed by atoms with Crippen LogP contribution in [0, 0.1) is 17.5 Å². The molecule has 24 heavy (non-hydrogen) atoms. The summed E-state index contributed by atoms with van der Waals surface area (Å²) >= 11 is 2.64. The van der Waals surface area contributed by atoms with Crippen LogP contribution in [-0.2, 0) is 16.2 Å². The molecular weight excluding hydrogens is 428 g/mol. The van der Waals surface area contributed by atoms with Crippen LogP contribution >= 0.6 is 15.9 Å². The summed E-state index contributed by atoms with van der Waals surface area (Å²) < 4.78 is 103. The van der Waals surface area contributed by atoms with Crippen molar-refractivity contribution in [2.24, 2.45) is 0 Å². The van der Waals surface area contributed by atoms with Gasteiger partial charge in [-0.05, 0) is 30.3 Å². The fourth-order valence-electron chi connectivity index (χ4n) is 1.70. The molecule has 0 spiro atoms. The summed E-state index contributed by atoms with van der Waals surface area (Å²) in [5, 5.41) is 0. The van der Waals surface area contributed by atoms with Crippen molar-refractivity contribution in [3.63, 3.8) is 0 Å². The molecule has 0 radical (unpaired) electrons. The molecule has 0 saturated carbocycles. The van der Waals surface area contributed by atoms with Crippen LogP contribution in [-0.4, -0.2) is 8.42 Å². The van der Waals surface area contributed by atoms with Crippen molar-refractivity contribution in [2.75, 3.05) is 4.72 Å². The number of alkyl halides is 3.